The van der Waals surface area contributed by atoms with Crippen LogP contribution in [-0.4, -0.2) is 41.3 Å². The zero-order valence-corrected chi connectivity index (χ0v) is 9.80. The van der Waals surface area contributed by atoms with Crippen molar-refractivity contribution in [2.24, 2.45) is 5.73 Å². The minimum Gasteiger partial charge on any atom is -0.480 e. The van der Waals surface area contributed by atoms with Crippen molar-refractivity contribution in [1.29, 1.82) is 0 Å². The Morgan fingerprint density at radius 1 is 1.33 bits per heavy atom. The summed E-state index contributed by atoms with van der Waals surface area (Å²) in [6.07, 6.45) is 0.528. The van der Waals surface area contributed by atoms with Crippen LogP contribution in [0.5, 0.6) is 0 Å². The van der Waals surface area contributed by atoms with E-state index in [1.54, 1.807) is 24.3 Å². The molecule has 1 atom stereocenters. The Balaban J connectivity index is 2.86. The molecule has 1 amide bonds. The van der Waals surface area contributed by atoms with Crippen LogP contribution < -0.4 is 11.1 Å². The van der Waals surface area contributed by atoms with Crippen LogP contribution in [-0.2, 0) is 11.2 Å². The lowest BCUT2D eigenvalue weighted by Gasteiger charge is -2.13. The van der Waals surface area contributed by atoms with Crippen molar-refractivity contribution in [2.45, 2.75) is 12.5 Å². The lowest BCUT2D eigenvalue weighted by atomic mass is 10.0. The molecule has 0 fully saturated rings. The van der Waals surface area contributed by atoms with E-state index >= 15 is 0 Å². The van der Waals surface area contributed by atoms with Gasteiger partial charge in [-0.15, -0.1) is 0 Å². The summed E-state index contributed by atoms with van der Waals surface area (Å²) in [5.74, 6) is -1.80. The molecule has 0 unspecified atom stereocenters. The number of carbonyl (C=O) groups is 2. The summed E-state index contributed by atoms with van der Waals surface area (Å²) in [6.45, 7) is -0.257. The second-order valence-electron chi connectivity index (χ2n) is 3.74. The molecule has 0 bridgehead atoms. The number of aliphatic hydroxyl groups is 1. The number of rotatable bonds is 6. The van der Waals surface area contributed by atoms with Gasteiger partial charge in [0.25, 0.3) is 5.91 Å². The maximum Gasteiger partial charge on any atom is 0.328 e. The van der Waals surface area contributed by atoms with Gasteiger partial charge >= 0.3 is 5.97 Å². The summed E-state index contributed by atoms with van der Waals surface area (Å²) in [4.78, 5) is 22.6. The summed E-state index contributed by atoms with van der Waals surface area (Å²) < 4.78 is 0. The molecule has 0 radical (unpaired) electrons. The number of aliphatic carboxylic acids is 1. The first kappa shape index (κ1) is 14.1. The smallest absolute Gasteiger partial charge is 0.328 e. The van der Waals surface area contributed by atoms with Crippen LogP contribution in [0.15, 0.2) is 24.3 Å². The molecule has 1 aromatic carbocycles. The zero-order chi connectivity index (χ0) is 13.5. The van der Waals surface area contributed by atoms with Gasteiger partial charge < -0.3 is 21.3 Å². The van der Waals surface area contributed by atoms with E-state index in [2.05, 4.69) is 5.32 Å². The van der Waals surface area contributed by atoms with Gasteiger partial charge in [-0.2, -0.15) is 0 Å². The Morgan fingerprint density at radius 2 is 2.00 bits per heavy atom. The zero-order valence-electron chi connectivity index (χ0n) is 9.80. The first-order valence-corrected chi connectivity index (χ1v) is 5.52. The number of aliphatic hydroxyl groups excluding tert-OH is 1. The van der Waals surface area contributed by atoms with Crippen LogP contribution in [0, 0.1) is 0 Å². The molecule has 0 spiro atoms. The second-order valence-corrected chi connectivity index (χ2v) is 3.74. The lowest BCUT2D eigenvalue weighted by molar-refractivity contribution is -0.140. The van der Waals surface area contributed by atoms with E-state index in [-0.39, 0.29) is 0 Å². The number of nitrogens with two attached hydrogens (primary N) is 1. The Labute approximate surface area is 104 Å². The Morgan fingerprint density at radius 3 is 2.56 bits per heavy atom. The fourth-order valence-corrected chi connectivity index (χ4v) is 1.54. The summed E-state index contributed by atoms with van der Waals surface area (Å²) in [5.41, 5.74) is 6.57. The van der Waals surface area contributed by atoms with Crippen molar-refractivity contribution in [2.75, 3.05) is 13.2 Å². The highest BCUT2D eigenvalue weighted by molar-refractivity contribution is 5.97. The number of carbonyl (C=O) groups excluding carboxylic acids is 1. The lowest BCUT2D eigenvalue weighted by Crippen LogP contribution is -2.43. The molecule has 0 saturated heterocycles. The SMILES string of the molecule is NCCc1ccccc1C(=O)N[C@@H](CO)C(=O)O. The van der Waals surface area contributed by atoms with Crippen molar-refractivity contribution < 1.29 is 19.8 Å². The number of nitrogens with one attached hydrogen (secondary N) is 1. The van der Waals surface area contributed by atoms with Crippen LogP contribution in [0.4, 0.5) is 0 Å². The highest BCUT2D eigenvalue weighted by Gasteiger charge is 2.20. The number of benzene rings is 1. The van der Waals surface area contributed by atoms with Gasteiger partial charge in [0.05, 0.1) is 6.61 Å². The number of amides is 1. The second kappa shape index (κ2) is 6.73. The summed E-state index contributed by atoms with van der Waals surface area (Å²) in [6, 6.07) is 5.52. The van der Waals surface area contributed by atoms with Crippen molar-refractivity contribution in [1.82, 2.24) is 5.32 Å². The Bertz CT molecular complexity index is 434. The highest BCUT2D eigenvalue weighted by Crippen LogP contribution is 2.09. The van der Waals surface area contributed by atoms with E-state index in [0.717, 1.165) is 5.56 Å². The average molecular weight is 252 g/mol. The molecule has 0 aliphatic heterocycles. The van der Waals surface area contributed by atoms with Gasteiger partial charge in [-0.3, -0.25) is 4.79 Å². The highest BCUT2D eigenvalue weighted by atomic mass is 16.4. The molecule has 1 rings (SSSR count). The van der Waals surface area contributed by atoms with Gasteiger partial charge in [-0.25, -0.2) is 4.79 Å². The summed E-state index contributed by atoms with van der Waals surface area (Å²) in [5, 5.41) is 19.8. The summed E-state index contributed by atoms with van der Waals surface area (Å²) >= 11 is 0. The Hall–Kier alpha value is -1.92. The third-order valence-electron chi connectivity index (χ3n) is 2.46. The molecule has 0 aliphatic carbocycles. The summed E-state index contributed by atoms with van der Waals surface area (Å²) in [7, 11) is 0. The van der Waals surface area contributed by atoms with Crippen molar-refractivity contribution in [3.8, 4) is 0 Å². The van der Waals surface area contributed by atoms with Gasteiger partial charge in [0.2, 0.25) is 0 Å². The molecule has 0 aliphatic rings. The fourth-order valence-electron chi connectivity index (χ4n) is 1.54. The third kappa shape index (κ3) is 3.54. The van der Waals surface area contributed by atoms with E-state index in [0.29, 0.717) is 18.5 Å². The first-order chi connectivity index (χ1) is 8.60. The number of carboxylic acids is 1. The van der Waals surface area contributed by atoms with Gasteiger partial charge in [-0.05, 0) is 24.6 Å². The Kier molecular flexibility index (Phi) is 5.29. The normalized spacial score (nSPS) is 11.9. The number of hydrogen-bond acceptors (Lipinski definition) is 4. The molecular weight excluding hydrogens is 236 g/mol. The maximum atomic E-state index is 11.9. The topological polar surface area (TPSA) is 113 Å². The van der Waals surface area contributed by atoms with Crippen LogP contribution in [0.25, 0.3) is 0 Å². The van der Waals surface area contributed by atoms with Crippen molar-refractivity contribution >= 4 is 11.9 Å². The average Bonchev–Trinajstić information content (AvgIpc) is 2.36. The van der Waals surface area contributed by atoms with E-state index in [1.807, 2.05) is 0 Å². The van der Waals surface area contributed by atoms with Crippen LogP contribution in [0.3, 0.4) is 0 Å². The third-order valence-corrected chi connectivity index (χ3v) is 2.46. The predicted octanol–water partition coefficient (Wildman–Crippen LogP) is -0.637. The molecule has 0 heterocycles. The molecule has 6 nitrogen and oxygen atoms in total. The number of carboxylic acid groups (broad SMARTS) is 1. The molecule has 5 N–H and O–H groups in total. The molecule has 6 heteroatoms. The maximum absolute atomic E-state index is 11.9. The van der Waals surface area contributed by atoms with Crippen LogP contribution in [0.1, 0.15) is 15.9 Å². The van der Waals surface area contributed by atoms with Crippen LogP contribution >= 0.6 is 0 Å². The molecular formula is C12H16N2O4. The van der Waals surface area contributed by atoms with Gasteiger partial charge in [0.1, 0.15) is 0 Å². The quantitative estimate of drug-likeness (QED) is 0.538. The van der Waals surface area contributed by atoms with Gasteiger partial charge in [0.15, 0.2) is 6.04 Å². The first-order valence-electron chi connectivity index (χ1n) is 5.52. The van der Waals surface area contributed by atoms with Crippen LogP contribution in [0.2, 0.25) is 0 Å². The molecule has 0 aromatic heterocycles. The van der Waals surface area contributed by atoms with E-state index in [9.17, 15) is 9.59 Å². The molecule has 18 heavy (non-hydrogen) atoms. The van der Waals surface area contributed by atoms with Crippen molar-refractivity contribution in [3.05, 3.63) is 35.4 Å². The predicted molar refractivity (Wildman–Crippen MR) is 65.2 cm³/mol. The largest absolute Gasteiger partial charge is 0.480 e. The van der Waals surface area contributed by atoms with Crippen molar-refractivity contribution in [3.63, 3.8) is 0 Å². The minimum atomic E-state index is -1.30. The van der Waals surface area contributed by atoms with E-state index in [4.69, 9.17) is 15.9 Å². The monoisotopic (exact) mass is 252 g/mol. The fraction of sp³-hybridized carbons (Fsp3) is 0.333. The van der Waals surface area contributed by atoms with E-state index in [1.165, 1.54) is 0 Å². The van der Waals surface area contributed by atoms with Gasteiger partial charge in [-0.1, -0.05) is 18.2 Å². The molecule has 1 aromatic rings. The van der Waals surface area contributed by atoms with E-state index < -0.39 is 24.5 Å². The standard InChI is InChI=1S/C12H16N2O4/c13-6-5-8-3-1-2-4-9(8)11(16)14-10(7-15)12(17)18/h1-4,10,15H,5-7,13H2,(H,14,16)(H,17,18)/t10-/m0/s1. The molecule has 98 valence electrons. The minimum absolute atomic E-state index is 0.377. The van der Waals surface area contributed by atoms with Gasteiger partial charge in [0, 0.05) is 5.56 Å². The molecule has 0 saturated carbocycles. The number of hydrogen-bond donors (Lipinski definition) is 4.